The van der Waals surface area contributed by atoms with Gasteiger partial charge < -0.3 is 40.1 Å². The number of aliphatic hydroxyl groups is 1. The zero-order chi connectivity index (χ0) is 21.2. The number of hydrogen-bond donors (Lipinski definition) is 2. The molecule has 0 bridgehead atoms. The number of carbonyl (C=O) groups is 3. The van der Waals surface area contributed by atoms with E-state index in [9.17, 15) is 29.7 Å². The fourth-order valence-electron chi connectivity index (χ4n) is 2.07. The molecule has 0 amide bonds. The minimum Gasteiger partial charge on any atom is -0.550 e. The van der Waals surface area contributed by atoms with E-state index in [1.54, 1.807) is 11.3 Å². The SMILES string of the molecule is CNCCc1csc(-c2ccccc2)n1.O=C([O-])CC(O)(CC(=O)[O-])C(=O)[O-]. The summed E-state index contributed by atoms with van der Waals surface area (Å²) in [4.78, 5) is 34.6. The van der Waals surface area contributed by atoms with Gasteiger partial charge in [0.2, 0.25) is 0 Å². The monoisotopic (exact) mass is 407 g/mol. The lowest BCUT2D eigenvalue weighted by molar-refractivity contribution is -0.339. The molecule has 0 radical (unpaired) electrons. The molecular formula is C18H19N2O7S-3. The first-order valence-corrected chi connectivity index (χ1v) is 9.04. The number of carboxylic acids is 3. The largest absolute Gasteiger partial charge is 0.550 e. The second kappa shape index (κ2) is 11.1. The second-order valence-corrected chi connectivity index (χ2v) is 6.64. The second-order valence-electron chi connectivity index (χ2n) is 5.78. The maximum Gasteiger partial charge on any atom is 0.123 e. The van der Waals surface area contributed by atoms with Gasteiger partial charge in [-0.1, -0.05) is 30.3 Å². The van der Waals surface area contributed by atoms with Crippen LogP contribution in [0.5, 0.6) is 0 Å². The molecule has 2 rings (SSSR count). The summed E-state index contributed by atoms with van der Waals surface area (Å²) in [6.07, 6.45) is -1.72. The van der Waals surface area contributed by atoms with Crippen LogP contribution in [0.4, 0.5) is 0 Å². The first-order chi connectivity index (χ1) is 13.2. The summed E-state index contributed by atoms with van der Waals surface area (Å²) < 4.78 is 0. The fourth-order valence-corrected chi connectivity index (χ4v) is 2.93. The molecule has 0 aliphatic rings. The van der Waals surface area contributed by atoms with Crippen molar-refractivity contribution in [3.8, 4) is 10.6 Å². The molecule has 0 atom stereocenters. The number of aromatic nitrogens is 1. The van der Waals surface area contributed by atoms with Gasteiger partial charge >= 0.3 is 0 Å². The average Bonchev–Trinajstić information content (AvgIpc) is 3.09. The van der Waals surface area contributed by atoms with E-state index in [-0.39, 0.29) is 0 Å². The van der Waals surface area contributed by atoms with Gasteiger partial charge in [-0.15, -0.1) is 11.3 Å². The Bertz CT molecular complexity index is 776. The standard InChI is InChI=1S/C12H14N2S.C6H8O7/c1-13-8-7-11-9-15-12(14-11)10-5-3-2-4-6-10;7-3(8)1-6(13,5(11)12)2-4(9)10/h2-6,9,13H,7-8H2,1H3;13H,1-2H2,(H,7,8)(H,9,10)(H,11,12)/p-3. The van der Waals surface area contributed by atoms with Crippen LogP contribution in [0.2, 0.25) is 0 Å². The molecule has 1 aromatic heterocycles. The number of likely N-dealkylation sites (N-methyl/N-ethyl adjacent to an activating group) is 1. The molecule has 10 heteroatoms. The summed E-state index contributed by atoms with van der Waals surface area (Å²) >= 11 is 1.71. The Labute approximate surface area is 165 Å². The molecule has 1 heterocycles. The van der Waals surface area contributed by atoms with Crippen LogP contribution in [-0.4, -0.2) is 47.2 Å². The lowest BCUT2D eigenvalue weighted by Gasteiger charge is -2.29. The Morgan fingerprint density at radius 3 is 2.14 bits per heavy atom. The highest BCUT2D eigenvalue weighted by Gasteiger charge is 2.29. The van der Waals surface area contributed by atoms with Gasteiger partial charge in [0.05, 0.1) is 11.7 Å². The zero-order valence-electron chi connectivity index (χ0n) is 15.0. The molecule has 2 N–H and O–H groups in total. The molecule has 0 unspecified atom stereocenters. The van der Waals surface area contributed by atoms with Gasteiger partial charge in [-0.2, -0.15) is 0 Å². The zero-order valence-corrected chi connectivity index (χ0v) is 15.9. The molecule has 0 saturated carbocycles. The van der Waals surface area contributed by atoms with E-state index in [2.05, 4.69) is 27.8 Å². The maximum absolute atomic E-state index is 10.1. The van der Waals surface area contributed by atoms with E-state index < -0.39 is 36.4 Å². The molecule has 1 aromatic carbocycles. The highest BCUT2D eigenvalue weighted by Crippen LogP contribution is 2.23. The number of nitrogens with one attached hydrogen (secondary N) is 1. The first-order valence-electron chi connectivity index (χ1n) is 8.16. The van der Waals surface area contributed by atoms with Gasteiger partial charge in [0.1, 0.15) is 10.6 Å². The normalized spacial score (nSPS) is 10.6. The lowest BCUT2D eigenvalue weighted by atomic mass is 9.96. The average molecular weight is 407 g/mol. The summed E-state index contributed by atoms with van der Waals surface area (Å²) in [6.45, 7) is 0.984. The van der Waals surface area contributed by atoms with E-state index in [0.717, 1.165) is 18.0 Å². The third kappa shape index (κ3) is 7.82. The lowest BCUT2D eigenvalue weighted by Crippen LogP contribution is -2.54. The van der Waals surface area contributed by atoms with Crippen molar-refractivity contribution in [1.29, 1.82) is 0 Å². The highest BCUT2D eigenvalue weighted by molar-refractivity contribution is 7.13. The van der Waals surface area contributed by atoms with Gasteiger partial charge in [-0.05, 0) is 7.05 Å². The quantitative estimate of drug-likeness (QED) is 0.450. The van der Waals surface area contributed by atoms with Gasteiger partial charge in [0.25, 0.3) is 0 Å². The van der Waals surface area contributed by atoms with Crippen LogP contribution in [0.25, 0.3) is 10.6 Å². The Morgan fingerprint density at radius 1 is 1.11 bits per heavy atom. The number of hydrogen-bond acceptors (Lipinski definition) is 10. The van der Waals surface area contributed by atoms with Gasteiger partial charge in [-0.25, -0.2) is 4.98 Å². The van der Waals surface area contributed by atoms with E-state index in [1.165, 1.54) is 11.3 Å². The van der Waals surface area contributed by atoms with Crippen LogP contribution in [-0.2, 0) is 20.8 Å². The van der Waals surface area contributed by atoms with E-state index in [4.69, 9.17) is 5.11 Å². The van der Waals surface area contributed by atoms with Crippen molar-refractivity contribution in [3.63, 3.8) is 0 Å². The number of thiazole rings is 1. The van der Waals surface area contributed by atoms with Crippen LogP contribution < -0.4 is 20.6 Å². The Kier molecular flexibility index (Phi) is 9.22. The van der Waals surface area contributed by atoms with Crippen molar-refractivity contribution in [2.24, 2.45) is 0 Å². The molecule has 0 saturated heterocycles. The third-order valence-electron chi connectivity index (χ3n) is 3.46. The number of aliphatic carboxylic acids is 3. The van der Waals surface area contributed by atoms with Crippen molar-refractivity contribution >= 4 is 29.2 Å². The fraction of sp³-hybridized carbons (Fsp3) is 0.333. The van der Waals surface area contributed by atoms with Crippen LogP contribution in [0.3, 0.4) is 0 Å². The minimum atomic E-state index is -2.97. The Balaban J connectivity index is 0.000000284. The molecular weight excluding hydrogens is 388 g/mol. The molecule has 0 fully saturated rings. The molecule has 2 aromatic rings. The van der Waals surface area contributed by atoms with Crippen LogP contribution in [0.15, 0.2) is 35.7 Å². The summed E-state index contributed by atoms with van der Waals surface area (Å²) in [5.41, 5.74) is -0.594. The topological polar surface area (TPSA) is 166 Å². The maximum atomic E-state index is 10.1. The van der Waals surface area contributed by atoms with Crippen molar-refractivity contribution < 1.29 is 34.8 Å². The van der Waals surface area contributed by atoms with Crippen molar-refractivity contribution in [2.45, 2.75) is 24.9 Å². The van der Waals surface area contributed by atoms with Crippen LogP contribution in [0, 0.1) is 0 Å². The third-order valence-corrected chi connectivity index (χ3v) is 4.40. The predicted molar refractivity (Wildman–Crippen MR) is 94.4 cm³/mol. The minimum absolute atomic E-state index is 0.984. The molecule has 152 valence electrons. The smallest absolute Gasteiger partial charge is 0.123 e. The van der Waals surface area contributed by atoms with Crippen molar-refractivity contribution in [1.82, 2.24) is 10.3 Å². The summed E-state index contributed by atoms with van der Waals surface area (Å²) in [5.74, 6) is -5.98. The van der Waals surface area contributed by atoms with E-state index >= 15 is 0 Å². The molecule has 9 nitrogen and oxygen atoms in total. The molecule has 0 spiro atoms. The van der Waals surface area contributed by atoms with Crippen molar-refractivity contribution in [2.75, 3.05) is 13.6 Å². The molecule has 0 aliphatic carbocycles. The van der Waals surface area contributed by atoms with Crippen molar-refractivity contribution in [3.05, 3.63) is 41.4 Å². The predicted octanol–water partition coefficient (Wildman–Crippen LogP) is -2.68. The number of carbonyl (C=O) groups excluding carboxylic acids is 3. The van der Waals surface area contributed by atoms with E-state index in [0.29, 0.717) is 0 Å². The first kappa shape index (κ1) is 23.2. The number of benzene rings is 1. The Hall–Kier alpha value is -2.82. The Morgan fingerprint density at radius 2 is 1.68 bits per heavy atom. The summed E-state index contributed by atoms with van der Waals surface area (Å²) in [7, 11) is 1.96. The number of nitrogens with zero attached hydrogens (tertiary/aromatic N) is 1. The number of carboxylic acid groups (broad SMARTS) is 3. The molecule has 0 aliphatic heterocycles. The van der Waals surface area contributed by atoms with Gasteiger partial charge in [0.15, 0.2) is 0 Å². The van der Waals surface area contributed by atoms with Gasteiger partial charge in [-0.3, -0.25) is 0 Å². The van der Waals surface area contributed by atoms with Crippen LogP contribution >= 0.6 is 11.3 Å². The summed E-state index contributed by atoms with van der Waals surface area (Å²) in [5, 5.41) is 45.3. The molecule has 28 heavy (non-hydrogen) atoms. The highest BCUT2D eigenvalue weighted by atomic mass is 32.1. The summed E-state index contributed by atoms with van der Waals surface area (Å²) in [6, 6.07) is 10.3. The van der Waals surface area contributed by atoms with Gasteiger partial charge in [0, 0.05) is 48.7 Å². The van der Waals surface area contributed by atoms with E-state index in [1.807, 2.05) is 25.2 Å². The van der Waals surface area contributed by atoms with Crippen LogP contribution in [0.1, 0.15) is 18.5 Å². The number of rotatable bonds is 9.